The Balaban J connectivity index is 1.73. The van der Waals surface area contributed by atoms with Gasteiger partial charge < -0.3 is 24.5 Å². The first-order chi connectivity index (χ1) is 15.0. The highest BCUT2D eigenvalue weighted by molar-refractivity contribution is 9.10. The summed E-state index contributed by atoms with van der Waals surface area (Å²) in [5.74, 6) is 0.348. The van der Waals surface area contributed by atoms with Crippen LogP contribution in [-0.2, 0) is 4.79 Å². The van der Waals surface area contributed by atoms with E-state index in [1.807, 2.05) is 11.9 Å². The van der Waals surface area contributed by atoms with Crippen molar-refractivity contribution in [1.29, 1.82) is 0 Å². The Morgan fingerprint density at radius 2 is 2.19 bits per heavy atom. The van der Waals surface area contributed by atoms with Gasteiger partial charge in [0.15, 0.2) is 11.6 Å². The summed E-state index contributed by atoms with van der Waals surface area (Å²) in [6.07, 6.45) is 5.15. The van der Waals surface area contributed by atoms with Crippen LogP contribution in [-0.4, -0.2) is 56.1 Å². The summed E-state index contributed by atoms with van der Waals surface area (Å²) in [6.45, 7) is 2.90. The third-order valence-corrected chi connectivity index (χ3v) is 7.15. The number of rotatable bonds is 10. The number of carbonyl (C=O) groups excluding carboxylic acids is 1. The van der Waals surface area contributed by atoms with Gasteiger partial charge in [-0.25, -0.2) is 4.39 Å². The molecule has 1 saturated carbocycles. The van der Waals surface area contributed by atoms with Crippen molar-refractivity contribution >= 4 is 50.5 Å². The van der Waals surface area contributed by atoms with Crippen LogP contribution in [0.25, 0.3) is 10.9 Å². The van der Waals surface area contributed by atoms with Crippen molar-refractivity contribution in [3.05, 3.63) is 15.3 Å². The van der Waals surface area contributed by atoms with Crippen molar-refractivity contribution in [2.24, 2.45) is 5.41 Å². The SMILES string of the molecule is CNCC1(COc2nc3c4c(c(Cl)c(Br)c(F)c4n2)OCCN3CCCCC=O)CC1. The van der Waals surface area contributed by atoms with Crippen LogP contribution in [0.3, 0.4) is 0 Å². The molecule has 2 aliphatic rings. The van der Waals surface area contributed by atoms with Crippen LogP contribution < -0.4 is 19.7 Å². The van der Waals surface area contributed by atoms with Crippen molar-refractivity contribution < 1.29 is 18.7 Å². The van der Waals surface area contributed by atoms with Gasteiger partial charge in [0.2, 0.25) is 0 Å². The van der Waals surface area contributed by atoms with E-state index < -0.39 is 5.82 Å². The zero-order chi connectivity index (χ0) is 22.0. The number of nitrogens with zero attached hydrogens (tertiary/aromatic N) is 3. The largest absolute Gasteiger partial charge is 0.489 e. The van der Waals surface area contributed by atoms with Gasteiger partial charge in [-0.15, -0.1) is 0 Å². The molecule has 0 radical (unpaired) electrons. The van der Waals surface area contributed by atoms with Crippen molar-refractivity contribution in [3.8, 4) is 11.8 Å². The third kappa shape index (κ3) is 4.59. The minimum Gasteiger partial charge on any atom is -0.489 e. The number of unbranched alkanes of at least 4 members (excludes halogenated alkanes) is 2. The van der Waals surface area contributed by atoms with Crippen molar-refractivity contribution in [1.82, 2.24) is 15.3 Å². The normalized spacial score (nSPS) is 16.7. The number of anilines is 1. The maximum atomic E-state index is 15.2. The van der Waals surface area contributed by atoms with Crippen molar-refractivity contribution in [2.45, 2.75) is 32.1 Å². The molecule has 1 aliphatic heterocycles. The average Bonchev–Trinajstić information content (AvgIpc) is 3.56. The van der Waals surface area contributed by atoms with Crippen LogP contribution >= 0.6 is 27.5 Å². The van der Waals surface area contributed by atoms with E-state index >= 15 is 4.39 Å². The number of aldehydes is 1. The lowest BCUT2D eigenvalue weighted by molar-refractivity contribution is -0.107. The van der Waals surface area contributed by atoms with Crippen molar-refractivity contribution in [2.75, 3.05) is 44.8 Å². The van der Waals surface area contributed by atoms with E-state index in [-0.39, 0.29) is 26.4 Å². The van der Waals surface area contributed by atoms with Crippen LogP contribution in [0, 0.1) is 11.2 Å². The maximum Gasteiger partial charge on any atom is 0.319 e. The van der Waals surface area contributed by atoms with E-state index in [9.17, 15) is 4.79 Å². The quantitative estimate of drug-likeness (QED) is 0.290. The Labute approximate surface area is 193 Å². The van der Waals surface area contributed by atoms with E-state index in [2.05, 4.69) is 31.2 Å². The molecule has 2 aromatic rings. The molecule has 0 bridgehead atoms. The molecule has 0 saturated heterocycles. The number of nitrogens with one attached hydrogen (secondary N) is 1. The van der Waals surface area contributed by atoms with Gasteiger partial charge in [0, 0.05) is 24.9 Å². The fourth-order valence-corrected chi connectivity index (χ4v) is 4.49. The Hall–Kier alpha value is -1.71. The Kier molecular flexibility index (Phi) is 6.83. The second-order valence-corrected chi connectivity index (χ2v) is 9.31. The van der Waals surface area contributed by atoms with Gasteiger partial charge in [0.1, 0.15) is 29.3 Å². The van der Waals surface area contributed by atoms with Gasteiger partial charge in [0.05, 0.1) is 23.0 Å². The van der Waals surface area contributed by atoms with Crippen molar-refractivity contribution in [3.63, 3.8) is 0 Å². The van der Waals surface area contributed by atoms with Crippen LogP contribution in [0.2, 0.25) is 5.02 Å². The minimum absolute atomic E-state index is 0.0864. The van der Waals surface area contributed by atoms with E-state index in [1.54, 1.807) is 0 Å². The number of hydrogen-bond acceptors (Lipinski definition) is 7. The molecule has 4 rings (SSSR count). The lowest BCUT2D eigenvalue weighted by atomic mass is 10.1. The highest BCUT2D eigenvalue weighted by Crippen LogP contribution is 2.47. The summed E-state index contributed by atoms with van der Waals surface area (Å²) >= 11 is 9.61. The van der Waals surface area contributed by atoms with E-state index in [0.29, 0.717) is 49.7 Å². The number of hydrogen-bond donors (Lipinski definition) is 1. The first-order valence-corrected chi connectivity index (χ1v) is 11.6. The molecule has 10 heteroatoms. The summed E-state index contributed by atoms with van der Waals surface area (Å²) < 4.78 is 27.1. The lowest BCUT2D eigenvalue weighted by Crippen LogP contribution is -2.29. The molecule has 1 aromatic heterocycles. The number of aromatic nitrogens is 2. The van der Waals surface area contributed by atoms with Gasteiger partial charge in [-0.2, -0.15) is 9.97 Å². The number of benzene rings is 1. The van der Waals surface area contributed by atoms with Crippen LogP contribution in [0.4, 0.5) is 10.2 Å². The summed E-state index contributed by atoms with van der Waals surface area (Å²) in [4.78, 5) is 21.7. The van der Waals surface area contributed by atoms with Gasteiger partial charge in [-0.1, -0.05) is 11.6 Å². The average molecular weight is 516 g/mol. The monoisotopic (exact) mass is 514 g/mol. The van der Waals surface area contributed by atoms with E-state index in [1.165, 1.54) is 0 Å². The van der Waals surface area contributed by atoms with Gasteiger partial charge in [-0.3, -0.25) is 0 Å². The van der Waals surface area contributed by atoms with Crippen LogP contribution in [0.15, 0.2) is 4.47 Å². The molecule has 0 spiro atoms. The molecule has 0 atom stereocenters. The summed E-state index contributed by atoms with van der Waals surface area (Å²) in [6, 6.07) is 0.142. The van der Waals surface area contributed by atoms with Crippen LogP contribution in [0.1, 0.15) is 32.1 Å². The summed E-state index contributed by atoms with van der Waals surface area (Å²) in [7, 11) is 1.92. The molecule has 1 N–H and O–H groups in total. The molecule has 168 valence electrons. The molecular formula is C21H25BrClFN4O3. The zero-order valence-corrected chi connectivity index (χ0v) is 19.7. The standard InChI is InChI=1S/C21H25BrClFN4O3/c1-25-11-21(5-6-21)12-31-20-26-17-13-18(15(23)14(22)16(17)24)30-10-8-28(19(13)27-20)7-3-2-4-9-29/h9,25H,2-8,10-12H2,1H3. The summed E-state index contributed by atoms with van der Waals surface area (Å²) in [5.41, 5.74) is 0.202. The number of carbonyl (C=O) groups is 1. The Bertz CT molecular complexity index is 989. The molecule has 0 unspecified atom stereocenters. The minimum atomic E-state index is -0.569. The fourth-order valence-electron chi connectivity index (χ4n) is 3.89. The predicted octanol–water partition coefficient (Wildman–Crippen LogP) is 4.13. The molecule has 7 nitrogen and oxygen atoms in total. The maximum absolute atomic E-state index is 15.2. The Morgan fingerprint density at radius 3 is 2.90 bits per heavy atom. The molecule has 1 fully saturated rings. The lowest BCUT2D eigenvalue weighted by Gasteiger charge is -2.23. The third-order valence-electron chi connectivity index (χ3n) is 5.81. The second-order valence-electron chi connectivity index (χ2n) is 8.14. The number of ether oxygens (including phenoxy) is 2. The molecule has 1 aromatic carbocycles. The highest BCUT2D eigenvalue weighted by Gasteiger charge is 2.43. The van der Waals surface area contributed by atoms with Gasteiger partial charge in [0.25, 0.3) is 0 Å². The zero-order valence-electron chi connectivity index (χ0n) is 17.3. The Morgan fingerprint density at radius 1 is 1.39 bits per heavy atom. The number of halogens is 3. The molecular weight excluding hydrogens is 491 g/mol. The topological polar surface area (TPSA) is 76.6 Å². The van der Waals surface area contributed by atoms with E-state index in [0.717, 1.165) is 38.5 Å². The fraction of sp³-hybridized carbons (Fsp3) is 0.571. The highest BCUT2D eigenvalue weighted by atomic mass is 79.9. The summed E-state index contributed by atoms with van der Waals surface area (Å²) in [5, 5.41) is 3.81. The van der Waals surface area contributed by atoms with E-state index in [4.69, 9.17) is 21.1 Å². The first kappa shape index (κ1) is 22.5. The smallest absolute Gasteiger partial charge is 0.319 e. The second kappa shape index (κ2) is 9.42. The first-order valence-electron chi connectivity index (χ1n) is 10.5. The predicted molar refractivity (Wildman–Crippen MR) is 121 cm³/mol. The molecule has 2 heterocycles. The molecule has 1 aliphatic carbocycles. The van der Waals surface area contributed by atoms with Gasteiger partial charge >= 0.3 is 6.01 Å². The molecule has 0 amide bonds. The van der Waals surface area contributed by atoms with Gasteiger partial charge in [-0.05, 0) is 48.7 Å². The van der Waals surface area contributed by atoms with Crippen LogP contribution in [0.5, 0.6) is 11.8 Å². The molecule has 31 heavy (non-hydrogen) atoms.